The quantitative estimate of drug-likeness (QED) is 0.661. The van der Waals surface area contributed by atoms with Crippen LogP contribution in [0.5, 0.6) is 0 Å². The lowest BCUT2D eigenvalue weighted by Gasteiger charge is -2.05. The number of thiophene rings is 1. The Bertz CT molecular complexity index is 477. The predicted molar refractivity (Wildman–Crippen MR) is 69.1 cm³/mol. The maximum absolute atomic E-state index is 11.8. The molecule has 0 saturated carbocycles. The van der Waals surface area contributed by atoms with E-state index in [1.807, 2.05) is 0 Å². The molecule has 5 nitrogen and oxygen atoms in total. The minimum absolute atomic E-state index is 0.0425. The summed E-state index contributed by atoms with van der Waals surface area (Å²) in [6, 6.07) is 3.21. The molecule has 0 radical (unpaired) electrons. The number of alkyl halides is 2. The first-order valence-corrected chi connectivity index (χ1v) is 7.90. The van der Waals surface area contributed by atoms with Crippen molar-refractivity contribution in [1.82, 2.24) is 4.72 Å². The molecule has 0 aliphatic carbocycles. The number of nitrogens with one attached hydrogen (secondary N) is 1. The molecule has 1 heterocycles. The lowest BCUT2D eigenvalue weighted by Crippen LogP contribution is -2.27. The molecular weight excluding hydrogens is 298 g/mol. The predicted octanol–water partition coefficient (Wildman–Crippen LogP) is 0.809. The highest BCUT2D eigenvalue weighted by atomic mass is 32.2. The van der Waals surface area contributed by atoms with Gasteiger partial charge in [-0.05, 0) is 25.1 Å². The average molecular weight is 314 g/mol. The third-order valence-corrected chi connectivity index (χ3v) is 5.17. The fourth-order valence-corrected chi connectivity index (χ4v) is 3.70. The van der Waals surface area contributed by atoms with Gasteiger partial charge in [-0.15, -0.1) is 11.3 Å². The molecule has 1 aromatic rings. The normalized spacial score (nSPS) is 12.2. The molecule has 0 aromatic carbocycles. The number of halogens is 2. The van der Waals surface area contributed by atoms with E-state index in [4.69, 9.17) is 5.73 Å². The van der Waals surface area contributed by atoms with Crippen LogP contribution >= 0.6 is 11.3 Å². The summed E-state index contributed by atoms with van der Waals surface area (Å²) in [6.07, 6.45) is -1.93. The average Bonchev–Trinajstić information content (AvgIpc) is 2.78. The van der Waals surface area contributed by atoms with E-state index in [1.165, 1.54) is 6.07 Å². The van der Waals surface area contributed by atoms with Gasteiger partial charge >= 0.3 is 0 Å². The first-order valence-electron chi connectivity index (χ1n) is 5.60. The Morgan fingerprint density at radius 1 is 1.42 bits per heavy atom. The number of nitrogens with two attached hydrogens (primary N) is 1. The number of sulfonamides is 1. The SMILES string of the molecule is NCCc1ccc(S(=O)(=O)NCCOCC(F)F)s1. The van der Waals surface area contributed by atoms with E-state index >= 15 is 0 Å². The third-order valence-electron chi connectivity index (χ3n) is 2.07. The van der Waals surface area contributed by atoms with Crippen LogP contribution in [-0.4, -0.2) is 41.1 Å². The van der Waals surface area contributed by atoms with E-state index in [-0.39, 0.29) is 17.4 Å². The second-order valence-electron chi connectivity index (χ2n) is 3.62. The van der Waals surface area contributed by atoms with Crippen molar-refractivity contribution in [2.24, 2.45) is 5.73 Å². The van der Waals surface area contributed by atoms with E-state index in [0.29, 0.717) is 13.0 Å². The second-order valence-corrected chi connectivity index (χ2v) is 6.79. The van der Waals surface area contributed by atoms with Crippen LogP contribution in [0, 0.1) is 0 Å². The second kappa shape index (κ2) is 7.85. The maximum Gasteiger partial charge on any atom is 0.261 e. The summed E-state index contributed by atoms with van der Waals surface area (Å²) in [5.74, 6) is 0. The van der Waals surface area contributed by atoms with E-state index < -0.39 is 23.1 Å². The molecule has 19 heavy (non-hydrogen) atoms. The lowest BCUT2D eigenvalue weighted by molar-refractivity contribution is 0.0199. The van der Waals surface area contributed by atoms with Crippen molar-refractivity contribution in [3.8, 4) is 0 Å². The Kier molecular flexibility index (Phi) is 6.80. The molecule has 0 saturated heterocycles. The van der Waals surface area contributed by atoms with Crippen molar-refractivity contribution in [3.63, 3.8) is 0 Å². The number of hydrogen-bond donors (Lipinski definition) is 2. The van der Waals surface area contributed by atoms with Gasteiger partial charge < -0.3 is 10.5 Å². The van der Waals surface area contributed by atoms with Gasteiger partial charge in [0.05, 0.1) is 6.61 Å². The molecule has 0 amide bonds. The zero-order valence-electron chi connectivity index (χ0n) is 10.1. The highest BCUT2D eigenvalue weighted by Gasteiger charge is 2.16. The first-order chi connectivity index (χ1) is 8.95. The Labute approximate surface area is 114 Å². The van der Waals surface area contributed by atoms with Crippen LogP contribution in [-0.2, 0) is 21.2 Å². The Hall–Kier alpha value is -0.610. The fraction of sp³-hybridized carbons (Fsp3) is 0.600. The summed E-state index contributed by atoms with van der Waals surface area (Å²) in [7, 11) is -3.60. The molecule has 1 aromatic heterocycles. The first kappa shape index (κ1) is 16.4. The molecule has 0 atom stereocenters. The van der Waals surface area contributed by atoms with Gasteiger partial charge in [0.1, 0.15) is 10.8 Å². The number of hydrogen-bond acceptors (Lipinski definition) is 5. The summed E-state index contributed by atoms with van der Waals surface area (Å²) < 4.78 is 54.2. The Morgan fingerprint density at radius 3 is 2.79 bits per heavy atom. The summed E-state index contributed by atoms with van der Waals surface area (Å²) >= 11 is 1.14. The molecule has 0 spiro atoms. The highest BCUT2D eigenvalue weighted by molar-refractivity contribution is 7.91. The van der Waals surface area contributed by atoms with Gasteiger partial charge in [-0.3, -0.25) is 0 Å². The van der Waals surface area contributed by atoms with Gasteiger partial charge in [0.2, 0.25) is 10.0 Å². The van der Waals surface area contributed by atoms with Gasteiger partial charge in [-0.2, -0.15) is 0 Å². The molecule has 0 bridgehead atoms. The van der Waals surface area contributed by atoms with E-state index in [1.54, 1.807) is 6.07 Å². The van der Waals surface area contributed by atoms with Gasteiger partial charge in [-0.1, -0.05) is 0 Å². The van der Waals surface area contributed by atoms with E-state index in [0.717, 1.165) is 16.2 Å². The van der Waals surface area contributed by atoms with Crippen LogP contribution < -0.4 is 10.5 Å². The van der Waals surface area contributed by atoms with Gasteiger partial charge in [-0.25, -0.2) is 21.9 Å². The van der Waals surface area contributed by atoms with Crippen molar-refractivity contribution < 1.29 is 21.9 Å². The van der Waals surface area contributed by atoms with Crippen LogP contribution in [0.3, 0.4) is 0 Å². The summed E-state index contributed by atoms with van der Waals surface area (Å²) in [6.45, 7) is -0.375. The largest absolute Gasteiger partial charge is 0.374 e. The van der Waals surface area contributed by atoms with Crippen LogP contribution in [0.25, 0.3) is 0 Å². The zero-order chi connectivity index (χ0) is 14.3. The molecular formula is C10H16F2N2O3S2. The molecule has 1 rings (SSSR count). The standard InChI is InChI=1S/C10H16F2N2O3S2/c11-9(12)7-17-6-5-14-19(15,16)10-2-1-8(18-10)3-4-13/h1-2,9,14H,3-7,13H2. The van der Waals surface area contributed by atoms with Crippen LogP contribution in [0.1, 0.15) is 4.88 Å². The third kappa shape index (κ3) is 5.91. The number of rotatable bonds is 9. The highest BCUT2D eigenvalue weighted by Crippen LogP contribution is 2.21. The van der Waals surface area contributed by atoms with E-state index in [2.05, 4.69) is 9.46 Å². The van der Waals surface area contributed by atoms with Crippen molar-refractivity contribution in [2.45, 2.75) is 17.1 Å². The molecule has 0 fully saturated rings. The summed E-state index contributed by atoms with van der Waals surface area (Å²) in [4.78, 5) is 0.886. The molecule has 110 valence electrons. The minimum atomic E-state index is -3.60. The monoisotopic (exact) mass is 314 g/mol. The Balaban J connectivity index is 2.42. The number of ether oxygens (including phenoxy) is 1. The van der Waals surface area contributed by atoms with E-state index in [9.17, 15) is 17.2 Å². The van der Waals surface area contributed by atoms with Gasteiger partial charge in [0, 0.05) is 11.4 Å². The molecule has 3 N–H and O–H groups in total. The van der Waals surface area contributed by atoms with Gasteiger partial charge in [0.25, 0.3) is 6.43 Å². The topological polar surface area (TPSA) is 81.4 Å². The van der Waals surface area contributed by atoms with Crippen molar-refractivity contribution >= 4 is 21.4 Å². The molecule has 0 aliphatic heterocycles. The van der Waals surface area contributed by atoms with Gasteiger partial charge in [0.15, 0.2) is 0 Å². The minimum Gasteiger partial charge on any atom is -0.374 e. The Morgan fingerprint density at radius 2 is 2.16 bits per heavy atom. The fourth-order valence-electron chi connectivity index (χ4n) is 1.27. The van der Waals surface area contributed by atoms with Crippen LogP contribution in [0.2, 0.25) is 0 Å². The van der Waals surface area contributed by atoms with Crippen LogP contribution in [0.15, 0.2) is 16.3 Å². The molecule has 9 heteroatoms. The molecule has 0 aliphatic rings. The smallest absolute Gasteiger partial charge is 0.261 e. The van der Waals surface area contributed by atoms with Crippen molar-refractivity contribution in [3.05, 3.63) is 17.0 Å². The lowest BCUT2D eigenvalue weighted by atomic mass is 10.3. The summed E-state index contributed by atoms with van der Waals surface area (Å²) in [5, 5.41) is 0. The summed E-state index contributed by atoms with van der Waals surface area (Å²) in [5.41, 5.74) is 5.38. The zero-order valence-corrected chi connectivity index (χ0v) is 11.8. The van der Waals surface area contributed by atoms with Crippen molar-refractivity contribution in [2.75, 3.05) is 26.3 Å². The van der Waals surface area contributed by atoms with Crippen LogP contribution in [0.4, 0.5) is 8.78 Å². The molecule has 0 unspecified atom stereocenters. The van der Waals surface area contributed by atoms with Crippen molar-refractivity contribution in [1.29, 1.82) is 0 Å². The maximum atomic E-state index is 11.8.